The third-order valence-corrected chi connectivity index (χ3v) is 6.60. The molecule has 0 radical (unpaired) electrons. The second-order valence-corrected chi connectivity index (χ2v) is 9.76. The topological polar surface area (TPSA) is 40.6 Å². The van der Waals surface area contributed by atoms with Crippen molar-refractivity contribution >= 4 is 39.1 Å². The lowest BCUT2D eigenvalue weighted by Crippen LogP contribution is -2.32. The number of amides is 2. The molecule has 35 heavy (non-hydrogen) atoms. The molecule has 3 aromatic rings. The molecule has 0 fully saturated rings. The number of nitrogens with zero attached hydrogens (tertiary/aromatic N) is 2. The summed E-state index contributed by atoms with van der Waals surface area (Å²) in [5.74, 6) is -0.175. The lowest BCUT2D eigenvalue weighted by atomic mass is 10.1. The van der Waals surface area contributed by atoms with Crippen LogP contribution >= 0.6 is 15.9 Å². The molecule has 3 rings (SSSR count). The quantitative estimate of drug-likeness (QED) is 0.220. The van der Waals surface area contributed by atoms with E-state index in [1.54, 1.807) is 11.9 Å². The van der Waals surface area contributed by atoms with Crippen molar-refractivity contribution in [2.45, 2.75) is 51.9 Å². The van der Waals surface area contributed by atoms with E-state index in [1.807, 2.05) is 83.8 Å². The van der Waals surface area contributed by atoms with Crippen LogP contribution in [0.4, 0.5) is 11.4 Å². The van der Waals surface area contributed by atoms with Crippen molar-refractivity contribution in [3.63, 3.8) is 0 Å². The fraction of sp³-hybridized carbons (Fsp3) is 0.333. The average Bonchev–Trinajstić information content (AvgIpc) is 2.89. The highest BCUT2D eigenvalue weighted by molar-refractivity contribution is 9.10. The first-order valence-corrected chi connectivity index (χ1v) is 13.3. The van der Waals surface area contributed by atoms with Gasteiger partial charge in [0.15, 0.2) is 0 Å². The zero-order valence-electron chi connectivity index (χ0n) is 20.8. The molecule has 0 aromatic heterocycles. The number of hydrogen-bond donors (Lipinski definition) is 0. The first kappa shape index (κ1) is 26.7. The van der Waals surface area contributed by atoms with Crippen LogP contribution in [0, 0.1) is 0 Å². The highest BCUT2D eigenvalue weighted by Crippen LogP contribution is 2.27. The lowest BCUT2D eigenvalue weighted by molar-refractivity contribution is 0.0978. The van der Waals surface area contributed by atoms with E-state index in [2.05, 4.69) is 22.9 Å². The van der Waals surface area contributed by atoms with E-state index in [-0.39, 0.29) is 11.8 Å². The van der Waals surface area contributed by atoms with E-state index in [0.29, 0.717) is 17.7 Å². The maximum absolute atomic E-state index is 13.5. The van der Waals surface area contributed by atoms with Crippen molar-refractivity contribution in [2.24, 2.45) is 0 Å². The number of benzene rings is 3. The van der Waals surface area contributed by atoms with Crippen LogP contribution in [0.2, 0.25) is 0 Å². The molecule has 0 aliphatic rings. The number of carbonyl (C=O) groups excluding carboxylic acids is 2. The van der Waals surface area contributed by atoms with E-state index >= 15 is 0 Å². The Balaban J connectivity index is 1.82. The van der Waals surface area contributed by atoms with E-state index < -0.39 is 0 Å². The van der Waals surface area contributed by atoms with Gasteiger partial charge in [0, 0.05) is 40.6 Å². The summed E-state index contributed by atoms with van der Waals surface area (Å²) in [6, 6.07) is 24.5. The molecule has 0 spiro atoms. The summed E-state index contributed by atoms with van der Waals surface area (Å²) in [5.41, 5.74) is 2.72. The molecule has 2 amide bonds. The summed E-state index contributed by atoms with van der Waals surface area (Å²) in [6.45, 7) is 2.84. The van der Waals surface area contributed by atoms with Crippen LogP contribution in [0.1, 0.15) is 72.6 Å². The van der Waals surface area contributed by atoms with Crippen LogP contribution in [0.3, 0.4) is 0 Å². The monoisotopic (exact) mass is 534 g/mol. The van der Waals surface area contributed by atoms with E-state index in [9.17, 15) is 9.59 Å². The van der Waals surface area contributed by atoms with Crippen LogP contribution in [0.25, 0.3) is 0 Å². The maximum Gasteiger partial charge on any atom is 0.258 e. The van der Waals surface area contributed by atoms with Gasteiger partial charge in [0.25, 0.3) is 11.8 Å². The number of unbranched alkanes of at least 4 members (excludes halogenated alkanes) is 6. The molecular weight excluding hydrogens is 500 g/mol. The van der Waals surface area contributed by atoms with Crippen molar-refractivity contribution in [1.82, 2.24) is 0 Å². The van der Waals surface area contributed by atoms with Gasteiger partial charge in [-0.05, 0) is 48.9 Å². The third-order valence-electron chi connectivity index (χ3n) is 6.14. The predicted molar refractivity (Wildman–Crippen MR) is 149 cm³/mol. The fourth-order valence-electron chi connectivity index (χ4n) is 4.13. The van der Waals surface area contributed by atoms with Gasteiger partial charge in [-0.1, -0.05) is 97.8 Å². The molecular formula is C30H35BrN2O2. The van der Waals surface area contributed by atoms with E-state index in [4.69, 9.17) is 0 Å². The average molecular weight is 536 g/mol. The minimum absolute atomic E-state index is 0.0514. The molecule has 0 aliphatic heterocycles. The summed E-state index contributed by atoms with van der Waals surface area (Å²) in [4.78, 5) is 30.3. The fourth-order valence-corrected chi connectivity index (χ4v) is 4.61. The second-order valence-electron chi connectivity index (χ2n) is 8.84. The summed E-state index contributed by atoms with van der Waals surface area (Å²) < 4.78 is 0.769. The Morgan fingerprint density at radius 2 is 1.29 bits per heavy atom. The minimum atomic E-state index is -0.123. The van der Waals surface area contributed by atoms with Gasteiger partial charge in [-0.2, -0.15) is 0 Å². The summed E-state index contributed by atoms with van der Waals surface area (Å²) >= 11 is 3.57. The zero-order chi connectivity index (χ0) is 25.0. The van der Waals surface area contributed by atoms with Crippen molar-refractivity contribution in [2.75, 3.05) is 23.4 Å². The number of rotatable bonds is 12. The minimum Gasteiger partial charge on any atom is -0.311 e. The van der Waals surface area contributed by atoms with Crippen LogP contribution in [0.15, 0.2) is 83.3 Å². The third kappa shape index (κ3) is 7.79. The molecule has 0 N–H and O–H groups in total. The summed E-state index contributed by atoms with van der Waals surface area (Å²) in [7, 11) is 1.77. The molecule has 0 atom stereocenters. The molecule has 0 heterocycles. The maximum atomic E-state index is 13.5. The standard InChI is InChI=1S/C30H35BrN2O2/c1-3-4-5-6-7-8-15-20-33(30(35)24-16-11-9-12-17-24)28-22-25(21-26(31)23-28)29(34)32(2)27-18-13-10-14-19-27/h9-14,16-19,21-23H,3-8,15,20H2,1-2H3. The summed E-state index contributed by atoms with van der Waals surface area (Å²) in [6.07, 6.45) is 8.21. The van der Waals surface area contributed by atoms with Crippen molar-refractivity contribution < 1.29 is 9.59 Å². The van der Waals surface area contributed by atoms with E-state index in [1.165, 1.54) is 32.1 Å². The Morgan fingerprint density at radius 3 is 1.94 bits per heavy atom. The molecule has 0 aliphatic carbocycles. The molecule has 4 nitrogen and oxygen atoms in total. The van der Waals surface area contributed by atoms with Gasteiger partial charge in [-0.15, -0.1) is 0 Å². The number of para-hydroxylation sites is 1. The highest BCUT2D eigenvalue weighted by Gasteiger charge is 2.21. The van der Waals surface area contributed by atoms with Crippen LogP contribution in [0.5, 0.6) is 0 Å². The Hall–Kier alpha value is -2.92. The Labute approximate surface area is 218 Å². The van der Waals surface area contributed by atoms with Crippen molar-refractivity contribution in [3.8, 4) is 0 Å². The number of anilines is 2. The predicted octanol–water partition coefficient (Wildman–Crippen LogP) is 8.12. The smallest absolute Gasteiger partial charge is 0.258 e. The van der Waals surface area contributed by atoms with Crippen LogP contribution in [-0.4, -0.2) is 25.4 Å². The van der Waals surface area contributed by atoms with Gasteiger partial charge in [0.05, 0.1) is 0 Å². The van der Waals surface area contributed by atoms with Crippen LogP contribution < -0.4 is 9.80 Å². The molecule has 3 aromatic carbocycles. The Bertz CT molecular complexity index is 1090. The lowest BCUT2D eigenvalue weighted by Gasteiger charge is -2.25. The first-order chi connectivity index (χ1) is 17.0. The van der Waals surface area contributed by atoms with Gasteiger partial charge < -0.3 is 9.80 Å². The zero-order valence-corrected chi connectivity index (χ0v) is 22.3. The number of hydrogen-bond acceptors (Lipinski definition) is 2. The molecule has 0 saturated carbocycles. The van der Waals surface area contributed by atoms with Crippen molar-refractivity contribution in [1.29, 1.82) is 0 Å². The van der Waals surface area contributed by atoms with Gasteiger partial charge >= 0.3 is 0 Å². The van der Waals surface area contributed by atoms with Gasteiger partial charge in [0.1, 0.15) is 0 Å². The molecule has 0 saturated heterocycles. The largest absolute Gasteiger partial charge is 0.311 e. The normalized spacial score (nSPS) is 10.7. The Kier molecular flexibility index (Phi) is 10.5. The molecule has 5 heteroatoms. The van der Waals surface area contributed by atoms with Crippen LogP contribution in [-0.2, 0) is 0 Å². The summed E-state index contributed by atoms with van der Waals surface area (Å²) in [5, 5.41) is 0. The number of carbonyl (C=O) groups is 2. The second kappa shape index (κ2) is 13.8. The molecule has 0 bridgehead atoms. The SMILES string of the molecule is CCCCCCCCCN(C(=O)c1ccccc1)c1cc(Br)cc(C(=O)N(C)c2ccccc2)c1. The van der Waals surface area contributed by atoms with E-state index in [0.717, 1.165) is 28.7 Å². The van der Waals surface area contributed by atoms with Gasteiger partial charge in [-0.25, -0.2) is 0 Å². The first-order valence-electron chi connectivity index (χ1n) is 12.5. The molecule has 184 valence electrons. The number of halogens is 1. The molecule has 0 unspecified atom stereocenters. The van der Waals surface area contributed by atoms with Gasteiger partial charge in [-0.3, -0.25) is 9.59 Å². The van der Waals surface area contributed by atoms with Gasteiger partial charge in [0.2, 0.25) is 0 Å². The highest BCUT2D eigenvalue weighted by atomic mass is 79.9. The van der Waals surface area contributed by atoms with Crippen molar-refractivity contribution in [3.05, 3.63) is 94.5 Å². The Morgan fingerprint density at radius 1 is 0.686 bits per heavy atom.